The van der Waals surface area contributed by atoms with Gasteiger partial charge in [0.1, 0.15) is 6.29 Å². The van der Waals surface area contributed by atoms with Crippen LogP contribution >= 0.6 is 0 Å². The van der Waals surface area contributed by atoms with E-state index < -0.39 is 0 Å². The first kappa shape index (κ1) is 15.3. The van der Waals surface area contributed by atoms with Crippen molar-refractivity contribution in [1.29, 1.82) is 0 Å². The molecule has 2 aromatic carbocycles. The van der Waals surface area contributed by atoms with Crippen molar-refractivity contribution >= 4 is 12.0 Å². The third-order valence-electron chi connectivity index (χ3n) is 3.70. The molecule has 0 aliphatic rings. The van der Waals surface area contributed by atoms with Crippen molar-refractivity contribution in [1.82, 2.24) is 0 Å². The molecule has 1 N–H and O–H groups in total. The monoisotopic (exact) mass is 281 g/mol. The zero-order valence-corrected chi connectivity index (χ0v) is 13.0. The van der Waals surface area contributed by atoms with Crippen LogP contribution in [0.1, 0.15) is 30.5 Å². The normalized spacial score (nSPS) is 11.2. The van der Waals surface area contributed by atoms with Crippen LogP contribution in [0.5, 0.6) is 0 Å². The van der Waals surface area contributed by atoms with Crippen molar-refractivity contribution < 1.29 is 4.79 Å². The molecular formula is C19H23NO. The second-order valence-electron chi connectivity index (χ2n) is 6.18. The fourth-order valence-electron chi connectivity index (χ4n) is 2.47. The Bertz CT molecular complexity index is 602. The van der Waals surface area contributed by atoms with E-state index in [9.17, 15) is 4.79 Å². The van der Waals surface area contributed by atoms with Crippen molar-refractivity contribution in [2.45, 2.75) is 26.7 Å². The Kier molecular flexibility index (Phi) is 4.79. The largest absolute Gasteiger partial charge is 0.388 e. The van der Waals surface area contributed by atoms with Gasteiger partial charge in [-0.15, -0.1) is 0 Å². The smallest absolute Gasteiger partial charge is 0.125 e. The Morgan fingerprint density at radius 2 is 1.76 bits per heavy atom. The maximum absolute atomic E-state index is 11.2. The quantitative estimate of drug-likeness (QED) is 0.808. The third kappa shape index (κ3) is 4.19. The van der Waals surface area contributed by atoms with E-state index in [2.05, 4.69) is 47.8 Å². The summed E-state index contributed by atoms with van der Waals surface area (Å²) < 4.78 is 0. The molecule has 2 nitrogen and oxygen atoms in total. The summed E-state index contributed by atoms with van der Waals surface area (Å²) in [6, 6.07) is 16.8. The van der Waals surface area contributed by atoms with Crippen LogP contribution in [0.25, 0.3) is 0 Å². The van der Waals surface area contributed by atoms with Crippen molar-refractivity contribution in [3.8, 4) is 0 Å². The summed E-state index contributed by atoms with van der Waals surface area (Å²) in [6.07, 6.45) is 2.70. The fraction of sp³-hybridized carbons (Fsp3) is 0.316. The van der Waals surface area contributed by atoms with Gasteiger partial charge in [-0.05, 0) is 41.7 Å². The highest BCUT2D eigenvalue weighted by atomic mass is 16.1. The van der Waals surface area contributed by atoms with Crippen molar-refractivity contribution in [2.75, 3.05) is 12.4 Å². The van der Waals surface area contributed by atoms with E-state index >= 15 is 0 Å². The fourth-order valence-corrected chi connectivity index (χ4v) is 2.47. The first-order chi connectivity index (χ1) is 10.0. The van der Waals surface area contributed by atoms with E-state index in [0.717, 1.165) is 24.8 Å². The van der Waals surface area contributed by atoms with Gasteiger partial charge in [0.2, 0.25) is 0 Å². The maximum Gasteiger partial charge on any atom is 0.125 e. The first-order valence-corrected chi connectivity index (χ1v) is 7.34. The van der Waals surface area contributed by atoms with Crippen LogP contribution in [-0.4, -0.2) is 13.3 Å². The van der Waals surface area contributed by atoms with Crippen molar-refractivity contribution in [2.24, 2.45) is 5.41 Å². The van der Waals surface area contributed by atoms with Gasteiger partial charge in [0.25, 0.3) is 0 Å². The van der Waals surface area contributed by atoms with E-state index in [0.29, 0.717) is 0 Å². The lowest BCUT2D eigenvalue weighted by Crippen LogP contribution is -2.17. The number of carbonyl (C=O) groups excluding carboxylic acids is 1. The van der Waals surface area contributed by atoms with E-state index in [4.69, 9.17) is 0 Å². The summed E-state index contributed by atoms with van der Waals surface area (Å²) in [5.74, 6) is 0. The molecule has 0 aromatic heterocycles. The van der Waals surface area contributed by atoms with Crippen molar-refractivity contribution in [3.63, 3.8) is 0 Å². The van der Waals surface area contributed by atoms with Crippen LogP contribution in [-0.2, 0) is 17.6 Å². The Labute approximate surface area is 127 Å². The summed E-state index contributed by atoms with van der Waals surface area (Å²) in [5.41, 5.74) is 4.59. The van der Waals surface area contributed by atoms with Crippen LogP contribution in [0.15, 0.2) is 48.5 Å². The number of nitrogens with one attached hydrogen (secondary N) is 1. The van der Waals surface area contributed by atoms with Gasteiger partial charge in [-0.1, -0.05) is 50.2 Å². The number of hydrogen-bond donors (Lipinski definition) is 1. The Balaban J connectivity index is 2.34. The summed E-state index contributed by atoms with van der Waals surface area (Å²) in [7, 11) is 1.93. The maximum atomic E-state index is 11.2. The minimum atomic E-state index is -0.327. The Morgan fingerprint density at radius 3 is 2.38 bits per heavy atom. The topological polar surface area (TPSA) is 29.1 Å². The molecule has 0 aliphatic heterocycles. The molecule has 110 valence electrons. The summed E-state index contributed by atoms with van der Waals surface area (Å²) in [4.78, 5) is 11.2. The highest BCUT2D eigenvalue weighted by Gasteiger charge is 2.19. The van der Waals surface area contributed by atoms with Crippen LogP contribution in [0.2, 0.25) is 0 Å². The summed E-state index contributed by atoms with van der Waals surface area (Å²) >= 11 is 0. The molecule has 0 fully saturated rings. The molecule has 0 aliphatic carbocycles. The van der Waals surface area contributed by atoms with Gasteiger partial charge < -0.3 is 10.1 Å². The Hall–Kier alpha value is -2.09. The molecule has 0 saturated carbocycles. The minimum Gasteiger partial charge on any atom is -0.388 e. The van der Waals surface area contributed by atoms with E-state index in [1.54, 1.807) is 0 Å². The molecule has 0 bridgehead atoms. The van der Waals surface area contributed by atoms with Gasteiger partial charge in [0, 0.05) is 18.2 Å². The van der Waals surface area contributed by atoms with Crippen molar-refractivity contribution in [3.05, 3.63) is 65.2 Å². The molecule has 0 unspecified atom stereocenters. The Morgan fingerprint density at radius 1 is 1.05 bits per heavy atom. The highest BCUT2D eigenvalue weighted by Crippen LogP contribution is 2.26. The lowest BCUT2D eigenvalue weighted by molar-refractivity contribution is -0.114. The molecule has 21 heavy (non-hydrogen) atoms. The minimum absolute atomic E-state index is 0.327. The van der Waals surface area contributed by atoms with Gasteiger partial charge in [-0.3, -0.25) is 0 Å². The average Bonchev–Trinajstić information content (AvgIpc) is 2.50. The standard InChI is InChI=1S/C19H23NO/c1-19(2,14-21)13-16-9-10-18(20-3)12-17(16)11-15-7-5-4-6-8-15/h4-10,12,14,20H,11,13H2,1-3H3. The van der Waals surface area contributed by atoms with E-state index in [1.807, 2.05) is 27.0 Å². The number of hydrogen-bond acceptors (Lipinski definition) is 2. The predicted octanol–water partition coefficient (Wildman–Crippen LogP) is 4.09. The molecule has 0 atom stereocenters. The molecule has 2 rings (SSSR count). The number of benzene rings is 2. The molecular weight excluding hydrogens is 258 g/mol. The molecule has 0 radical (unpaired) electrons. The van der Waals surface area contributed by atoms with Crippen LogP contribution in [0.4, 0.5) is 5.69 Å². The number of rotatable bonds is 6. The van der Waals surface area contributed by atoms with Crippen LogP contribution < -0.4 is 5.32 Å². The van der Waals surface area contributed by atoms with Gasteiger partial charge >= 0.3 is 0 Å². The molecule has 2 heteroatoms. The zero-order chi connectivity index (χ0) is 15.3. The molecule has 0 spiro atoms. The molecule has 0 heterocycles. The van der Waals surface area contributed by atoms with E-state index in [1.165, 1.54) is 16.7 Å². The SMILES string of the molecule is CNc1ccc(CC(C)(C)C=O)c(Cc2ccccc2)c1. The second-order valence-corrected chi connectivity index (χ2v) is 6.18. The number of anilines is 1. The third-order valence-corrected chi connectivity index (χ3v) is 3.70. The van der Waals surface area contributed by atoms with Gasteiger partial charge in [-0.25, -0.2) is 0 Å². The van der Waals surface area contributed by atoms with Gasteiger partial charge in [0.05, 0.1) is 0 Å². The highest BCUT2D eigenvalue weighted by molar-refractivity contribution is 5.59. The average molecular weight is 281 g/mol. The van der Waals surface area contributed by atoms with E-state index in [-0.39, 0.29) is 5.41 Å². The molecule has 0 amide bonds. The van der Waals surface area contributed by atoms with Gasteiger partial charge in [0.15, 0.2) is 0 Å². The summed E-state index contributed by atoms with van der Waals surface area (Å²) in [6.45, 7) is 3.97. The van der Waals surface area contributed by atoms with Crippen LogP contribution in [0.3, 0.4) is 0 Å². The first-order valence-electron chi connectivity index (χ1n) is 7.34. The zero-order valence-electron chi connectivity index (χ0n) is 13.0. The lowest BCUT2D eigenvalue weighted by atomic mass is 9.84. The van der Waals surface area contributed by atoms with Gasteiger partial charge in [-0.2, -0.15) is 0 Å². The van der Waals surface area contributed by atoms with Crippen LogP contribution in [0, 0.1) is 5.41 Å². The lowest BCUT2D eigenvalue weighted by Gasteiger charge is -2.20. The number of aldehydes is 1. The predicted molar refractivity (Wildman–Crippen MR) is 88.8 cm³/mol. The second kappa shape index (κ2) is 6.57. The summed E-state index contributed by atoms with van der Waals surface area (Å²) in [5, 5.41) is 3.19. The molecule has 2 aromatic rings. The molecule has 0 saturated heterocycles. The number of carbonyl (C=O) groups is 1.